The van der Waals surface area contributed by atoms with Gasteiger partial charge in [-0.2, -0.15) is 0 Å². The Bertz CT molecular complexity index is 603. The fourth-order valence-corrected chi connectivity index (χ4v) is 3.77. The van der Waals surface area contributed by atoms with Crippen molar-refractivity contribution in [2.45, 2.75) is 24.8 Å². The molecule has 3 N–H and O–H groups in total. The highest BCUT2D eigenvalue weighted by molar-refractivity contribution is 7.89. The van der Waals surface area contributed by atoms with Crippen LogP contribution < -0.4 is 15.4 Å². The summed E-state index contributed by atoms with van der Waals surface area (Å²) >= 11 is 0. The van der Waals surface area contributed by atoms with Gasteiger partial charge in [-0.3, -0.25) is 0 Å². The number of nitrogens with one attached hydrogen (secondary N) is 1. The predicted molar refractivity (Wildman–Crippen MR) is 86.0 cm³/mol. The smallest absolute Gasteiger partial charge is 0.240 e. The van der Waals surface area contributed by atoms with E-state index < -0.39 is 10.0 Å². The Balaban J connectivity index is 2.36. The van der Waals surface area contributed by atoms with E-state index in [0.29, 0.717) is 18.3 Å². The molecule has 0 spiro atoms. The quantitative estimate of drug-likeness (QED) is 0.801. The Kier molecular flexibility index (Phi) is 4.75. The molecule has 7 heteroatoms. The van der Waals surface area contributed by atoms with Gasteiger partial charge in [-0.25, -0.2) is 13.1 Å². The minimum atomic E-state index is -3.46. The van der Waals surface area contributed by atoms with Crippen LogP contribution in [0.3, 0.4) is 0 Å². The van der Waals surface area contributed by atoms with Crippen LogP contribution >= 0.6 is 0 Å². The zero-order valence-corrected chi connectivity index (χ0v) is 13.7. The van der Waals surface area contributed by atoms with Crippen LogP contribution in [0.2, 0.25) is 0 Å². The number of rotatable bonds is 4. The minimum Gasteiger partial charge on any atom is -0.397 e. The average Bonchev–Trinajstić information content (AvgIpc) is 2.39. The zero-order chi connectivity index (χ0) is 15.6. The number of nitrogens with zero attached hydrogens (tertiary/aromatic N) is 2. The molecule has 1 fully saturated rings. The molecule has 0 amide bonds. The van der Waals surface area contributed by atoms with Gasteiger partial charge in [-0.05, 0) is 32.2 Å². The highest BCUT2D eigenvalue weighted by atomic mass is 32.2. The van der Waals surface area contributed by atoms with Gasteiger partial charge in [0.2, 0.25) is 10.0 Å². The molecular formula is C14H24N4O2S. The fraction of sp³-hybridized carbons (Fsp3) is 0.571. The van der Waals surface area contributed by atoms with Crippen molar-refractivity contribution in [2.75, 3.05) is 43.9 Å². The third kappa shape index (κ3) is 3.48. The molecule has 1 atom stereocenters. The van der Waals surface area contributed by atoms with Gasteiger partial charge >= 0.3 is 0 Å². The molecule has 118 valence electrons. The first-order chi connectivity index (χ1) is 9.85. The second-order valence-corrected chi connectivity index (χ2v) is 7.29. The maximum absolute atomic E-state index is 12.1. The number of nitrogens with two attached hydrogens (primary N) is 1. The lowest BCUT2D eigenvalue weighted by atomic mass is 10.1. The van der Waals surface area contributed by atoms with Crippen LogP contribution in [0.4, 0.5) is 11.4 Å². The van der Waals surface area contributed by atoms with E-state index in [4.69, 9.17) is 5.73 Å². The lowest BCUT2D eigenvalue weighted by molar-refractivity contribution is 0.275. The third-order valence-electron chi connectivity index (χ3n) is 3.79. The molecule has 1 heterocycles. The van der Waals surface area contributed by atoms with Gasteiger partial charge < -0.3 is 15.5 Å². The number of sulfonamides is 1. The average molecular weight is 312 g/mol. The Hall–Kier alpha value is -1.31. The van der Waals surface area contributed by atoms with Crippen LogP contribution in [-0.4, -0.2) is 52.6 Å². The summed E-state index contributed by atoms with van der Waals surface area (Å²) in [5.41, 5.74) is 7.48. The van der Waals surface area contributed by atoms with Gasteiger partial charge in [0.05, 0.1) is 16.3 Å². The first kappa shape index (κ1) is 16.1. The van der Waals surface area contributed by atoms with Gasteiger partial charge in [0.15, 0.2) is 0 Å². The van der Waals surface area contributed by atoms with Crippen molar-refractivity contribution in [2.24, 2.45) is 0 Å². The van der Waals surface area contributed by atoms with Crippen molar-refractivity contribution in [1.29, 1.82) is 0 Å². The lowest BCUT2D eigenvalue weighted by Gasteiger charge is -2.40. The van der Waals surface area contributed by atoms with Gasteiger partial charge in [-0.15, -0.1) is 0 Å². The van der Waals surface area contributed by atoms with Crippen LogP contribution in [0, 0.1) is 0 Å². The molecule has 1 aromatic rings. The maximum Gasteiger partial charge on any atom is 0.240 e. The number of piperazine rings is 1. The number of likely N-dealkylation sites (N-methyl/N-ethyl adjacent to an activating group) is 1. The maximum atomic E-state index is 12.1. The fourth-order valence-electron chi connectivity index (χ4n) is 2.71. The van der Waals surface area contributed by atoms with Gasteiger partial charge in [0.1, 0.15) is 0 Å². The summed E-state index contributed by atoms with van der Waals surface area (Å²) in [6, 6.07) is 5.19. The van der Waals surface area contributed by atoms with Crippen molar-refractivity contribution in [1.82, 2.24) is 9.62 Å². The van der Waals surface area contributed by atoms with Crippen molar-refractivity contribution >= 4 is 21.4 Å². The molecule has 1 unspecified atom stereocenters. The van der Waals surface area contributed by atoms with Crippen molar-refractivity contribution < 1.29 is 8.42 Å². The summed E-state index contributed by atoms with van der Waals surface area (Å²) in [4.78, 5) is 4.70. The molecule has 0 radical (unpaired) electrons. The van der Waals surface area contributed by atoms with Gasteiger partial charge in [-0.1, -0.05) is 6.92 Å². The summed E-state index contributed by atoms with van der Waals surface area (Å²) < 4.78 is 26.8. The molecular weight excluding hydrogens is 288 g/mol. The van der Waals surface area contributed by atoms with E-state index in [-0.39, 0.29) is 4.90 Å². The summed E-state index contributed by atoms with van der Waals surface area (Å²) in [7, 11) is -1.37. The van der Waals surface area contributed by atoms with E-state index in [2.05, 4.69) is 28.5 Å². The molecule has 1 aliphatic rings. The lowest BCUT2D eigenvalue weighted by Crippen LogP contribution is -2.50. The normalized spacial score (nSPS) is 20.7. The van der Waals surface area contributed by atoms with E-state index in [1.807, 2.05) is 0 Å². The topological polar surface area (TPSA) is 78.7 Å². The molecule has 21 heavy (non-hydrogen) atoms. The molecule has 1 saturated heterocycles. The van der Waals surface area contributed by atoms with E-state index >= 15 is 0 Å². The first-order valence-electron chi connectivity index (χ1n) is 7.19. The standard InChI is InChI=1S/C14H24N4O2S/c1-4-16-21(19,20)12-5-6-13(15)14(9-12)18-8-7-17(3)10-11(18)2/h5-6,9,11,16H,4,7-8,10,15H2,1-3H3. The third-order valence-corrected chi connectivity index (χ3v) is 5.33. The summed E-state index contributed by atoms with van der Waals surface area (Å²) in [5.74, 6) is 0. The number of benzene rings is 1. The number of hydrogen-bond donors (Lipinski definition) is 2. The first-order valence-corrected chi connectivity index (χ1v) is 8.68. The molecule has 1 aliphatic heterocycles. The summed E-state index contributed by atoms with van der Waals surface area (Å²) in [6.45, 7) is 6.97. The van der Waals surface area contributed by atoms with E-state index in [1.165, 1.54) is 0 Å². The highest BCUT2D eigenvalue weighted by Gasteiger charge is 2.24. The van der Waals surface area contributed by atoms with Crippen LogP contribution in [0.15, 0.2) is 23.1 Å². The second kappa shape index (κ2) is 6.21. The summed E-state index contributed by atoms with van der Waals surface area (Å²) in [5, 5.41) is 0. The molecule has 6 nitrogen and oxygen atoms in total. The van der Waals surface area contributed by atoms with Crippen molar-refractivity contribution in [3.8, 4) is 0 Å². The summed E-state index contributed by atoms with van der Waals surface area (Å²) in [6.07, 6.45) is 0. The zero-order valence-electron chi connectivity index (χ0n) is 12.8. The minimum absolute atomic E-state index is 0.264. The highest BCUT2D eigenvalue weighted by Crippen LogP contribution is 2.29. The largest absolute Gasteiger partial charge is 0.397 e. The van der Waals surface area contributed by atoms with Crippen molar-refractivity contribution in [3.05, 3.63) is 18.2 Å². The van der Waals surface area contributed by atoms with E-state index in [1.54, 1.807) is 25.1 Å². The van der Waals surface area contributed by atoms with Gasteiger partial charge in [0.25, 0.3) is 0 Å². The number of anilines is 2. The van der Waals surface area contributed by atoms with E-state index in [0.717, 1.165) is 25.3 Å². The predicted octanol–water partition coefficient (Wildman–Crippen LogP) is 0.707. The molecule has 0 saturated carbocycles. The van der Waals surface area contributed by atoms with Gasteiger partial charge in [0, 0.05) is 32.2 Å². The number of nitrogen functional groups attached to an aromatic ring is 1. The van der Waals surface area contributed by atoms with Crippen LogP contribution in [0.5, 0.6) is 0 Å². The van der Waals surface area contributed by atoms with Crippen LogP contribution in [-0.2, 0) is 10.0 Å². The molecule has 1 aromatic carbocycles. The Morgan fingerprint density at radius 2 is 2.10 bits per heavy atom. The number of hydrogen-bond acceptors (Lipinski definition) is 5. The molecule has 0 bridgehead atoms. The Morgan fingerprint density at radius 3 is 2.71 bits per heavy atom. The molecule has 0 aliphatic carbocycles. The molecule has 0 aromatic heterocycles. The van der Waals surface area contributed by atoms with E-state index in [9.17, 15) is 8.42 Å². The van der Waals surface area contributed by atoms with Crippen molar-refractivity contribution in [3.63, 3.8) is 0 Å². The Labute approximate surface area is 127 Å². The SMILES string of the molecule is CCNS(=O)(=O)c1ccc(N)c(N2CCN(C)CC2C)c1. The monoisotopic (exact) mass is 312 g/mol. The second-order valence-electron chi connectivity index (χ2n) is 5.53. The van der Waals surface area contributed by atoms with Crippen LogP contribution in [0.1, 0.15) is 13.8 Å². The molecule has 2 rings (SSSR count). The van der Waals surface area contributed by atoms with Crippen LogP contribution in [0.25, 0.3) is 0 Å². The Morgan fingerprint density at radius 1 is 1.38 bits per heavy atom.